The number of hydrogen-bond acceptors (Lipinski definition) is 7. The first-order valence-corrected chi connectivity index (χ1v) is 15.5. The van der Waals surface area contributed by atoms with Crippen molar-refractivity contribution in [3.05, 3.63) is 131 Å². The van der Waals surface area contributed by atoms with E-state index in [2.05, 4.69) is 22.0 Å². The van der Waals surface area contributed by atoms with Crippen molar-refractivity contribution in [3.8, 4) is 11.8 Å². The Morgan fingerprint density at radius 1 is 0.936 bits per heavy atom. The highest BCUT2D eigenvalue weighted by atomic mass is 19.1. The number of halogens is 1. The lowest BCUT2D eigenvalue weighted by Gasteiger charge is -2.31. The molecule has 0 bridgehead atoms. The number of amides is 2. The summed E-state index contributed by atoms with van der Waals surface area (Å²) in [6, 6.07) is 31.2. The normalized spacial score (nSPS) is 16.5. The zero-order chi connectivity index (χ0) is 33.0. The highest BCUT2D eigenvalue weighted by molar-refractivity contribution is 5.98. The van der Waals surface area contributed by atoms with Gasteiger partial charge in [0.1, 0.15) is 30.3 Å². The molecule has 242 valence electrons. The monoisotopic (exact) mass is 636 g/mol. The fraction of sp³-hybridized carbons (Fsp3) is 0.270. The number of anilines is 1. The minimum absolute atomic E-state index is 0.0542. The van der Waals surface area contributed by atoms with Gasteiger partial charge in [0, 0.05) is 19.0 Å². The van der Waals surface area contributed by atoms with Crippen molar-refractivity contribution in [1.29, 1.82) is 5.26 Å². The average molecular weight is 637 g/mol. The highest BCUT2D eigenvalue weighted by Crippen LogP contribution is 2.30. The van der Waals surface area contributed by atoms with Gasteiger partial charge in [-0.1, -0.05) is 72.8 Å². The van der Waals surface area contributed by atoms with E-state index < -0.39 is 29.8 Å². The van der Waals surface area contributed by atoms with Crippen LogP contribution in [0.5, 0.6) is 5.75 Å². The van der Waals surface area contributed by atoms with Crippen molar-refractivity contribution >= 4 is 17.7 Å². The van der Waals surface area contributed by atoms with Crippen molar-refractivity contribution in [2.75, 3.05) is 32.1 Å². The van der Waals surface area contributed by atoms with Crippen LogP contribution >= 0.6 is 0 Å². The van der Waals surface area contributed by atoms with E-state index in [4.69, 9.17) is 19.5 Å². The van der Waals surface area contributed by atoms with Crippen LogP contribution in [0.25, 0.3) is 0 Å². The first-order chi connectivity index (χ1) is 22.9. The second-order valence-electron chi connectivity index (χ2n) is 11.2. The lowest BCUT2D eigenvalue weighted by molar-refractivity contribution is -0.118. The molecule has 4 aromatic rings. The Bertz CT molecular complexity index is 1620. The average Bonchev–Trinajstić information content (AvgIpc) is 3.12. The largest absolute Gasteiger partial charge is 0.491 e. The van der Waals surface area contributed by atoms with Crippen molar-refractivity contribution in [2.24, 2.45) is 0 Å². The van der Waals surface area contributed by atoms with E-state index in [1.54, 1.807) is 36.4 Å². The molecule has 1 saturated heterocycles. The summed E-state index contributed by atoms with van der Waals surface area (Å²) < 4.78 is 32.4. The molecule has 2 amide bonds. The Hall–Kier alpha value is -5.24. The topological polar surface area (TPSA) is 122 Å². The number of nitrogens with one attached hydrogen (secondary N) is 3. The van der Waals surface area contributed by atoms with E-state index in [1.807, 2.05) is 60.7 Å². The van der Waals surface area contributed by atoms with Crippen molar-refractivity contribution < 1.29 is 28.2 Å². The predicted octanol–water partition coefficient (Wildman–Crippen LogP) is 5.56. The fourth-order valence-corrected chi connectivity index (χ4v) is 5.68. The van der Waals surface area contributed by atoms with Crippen molar-refractivity contribution in [1.82, 2.24) is 10.6 Å². The van der Waals surface area contributed by atoms with E-state index in [0.717, 1.165) is 11.1 Å². The minimum atomic E-state index is -1.12. The summed E-state index contributed by atoms with van der Waals surface area (Å²) in [5, 5.41) is 17.8. The molecule has 0 saturated carbocycles. The first kappa shape index (κ1) is 33.1. The third kappa shape index (κ3) is 8.94. The summed E-state index contributed by atoms with van der Waals surface area (Å²) >= 11 is 0. The maximum atomic E-state index is 15.4. The number of aryl methyl sites for hydroxylation is 1. The van der Waals surface area contributed by atoms with Crippen LogP contribution in [0.3, 0.4) is 0 Å². The van der Waals surface area contributed by atoms with Crippen LogP contribution in [-0.2, 0) is 20.7 Å². The van der Waals surface area contributed by atoms with E-state index in [0.29, 0.717) is 49.4 Å². The van der Waals surface area contributed by atoms with Gasteiger partial charge in [0.05, 0.1) is 30.5 Å². The van der Waals surface area contributed by atoms with E-state index in [9.17, 15) is 9.59 Å². The number of morpholine rings is 1. The van der Waals surface area contributed by atoms with Crippen LogP contribution in [-0.4, -0.2) is 57.1 Å². The minimum Gasteiger partial charge on any atom is -0.491 e. The van der Waals surface area contributed by atoms with Crippen LogP contribution in [0.1, 0.15) is 34.6 Å². The number of nitriles is 1. The third-order valence-electron chi connectivity index (χ3n) is 8.02. The summed E-state index contributed by atoms with van der Waals surface area (Å²) in [5.41, 5.74) is 2.81. The molecule has 3 N–H and O–H groups in total. The number of carbonyl (C=O) groups is 2. The molecule has 0 spiro atoms. The van der Waals surface area contributed by atoms with Gasteiger partial charge < -0.3 is 30.2 Å². The highest BCUT2D eigenvalue weighted by Gasteiger charge is 2.34. The fourth-order valence-electron chi connectivity index (χ4n) is 5.68. The smallest absolute Gasteiger partial charge is 0.407 e. The van der Waals surface area contributed by atoms with Gasteiger partial charge in [0.2, 0.25) is 5.91 Å². The Kier molecular flexibility index (Phi) is 11.5. The Balaban J connectivity index is 1.29. The molecule has 2 unspecified atom stereocenters. The second-order valence-corrected chi connectivity index (χ2v) is 11.2. The molecule has 0 aromatic heterocycles. The van der Waals surface area contributed by atoms with Gasteiger partial charge in [-0.2, -0.15) is 5.26 Å². The zero-order valence-electron chi connectivity index (χ0n) is 26.0. The van der Waals surface area contributed by atoms with Gasteiger partial charge in [-0.15, -0.1) is 0 Å². The summed E-state index contributed by atoms with van der Waals surface area (Å²) in [4.78, 5) is 26.5. The molecule has 10 heteroatoms. The third-order valence-corrected chi connectivity index (χ3v) is 8.02. The molecule has 3 atom stereocenters. The Morgan fingerprint density at radius 3 is 2.23 bits per heavy atom. The second kappa shape index (κ2) is 16.4. The van der Waals surface area contributed by atoms with Crippen molar-refractivity contribution in [2.45, 2.75) is 37.0 Å². The zero-order valence-corrected chi connectivity index (χ0v) is 26.0. The van der Waals surface area contributed by atoms with Gasteiger partial charge in [-0.05, 0) is 59.9 Å². The molecular weight excluding hydrogens is 599 g/mol. The van der Waals surface area contributed by atoms with Gasteiger partial charge in [-0.25, -0.2) is 9.18 Å². The number of carbonyl (C=O) groups excluding carboxylic acids is 2. The Morgan fingerprint density at radius 2 is 1.60 bits per heavy atom. The van der Waals surface area contributed by atoms with Gasteiger partial charge >= 0.3 is 6.09 Å². The molecule has 1 aliphatic heterocycles. The molecule has 0 aliphatic carbocycles. The molecule has 47 heavy (non-hydrogen) atoms. The maximum Gasteiger partial charge on any atom is 0.407 e. The lowest BCUT2D eigenvalue weighted by atomic mass is 9.84. The molecule has 1 fully saturated rings. The number of alkyl carbamates (subject to hydrolysis) is 1. The number of para-hydroxylation sites is 1. The molecule has 1 aliphatic rings. The lowest BCUT2D eigenvalue weighted by Crippen LogP contribution is -2.48. The Labute approximate surface area is 273 Å². The molecule has 4 aromatic carbocycles. The summed E-state index contributed by atoms with van der Waals surface area (Å²) in [5.74, 6) is -1.11. The number of ether oxygens (including phenoxy) is 3. The van der Waals surface area contributed by atoms with Crippen LogP contribution in [0.15, 0.2) is 103 Å². The van der Waals surface area contributed by atoms with Gasteiger partial charge in [0.15, 0.2) is 0 Å². The van der Waals surface area contributed by atoms with Crippen LogP contribution in [0, 0.1) is 17.1 Å². The van der Waals surface area contributed by atoms with E-state index in [-0.39, 0.29) is 17.9 Å². The number of hydrogen-bond donors (Lipinski definition) is 3. The number of rotatable bonds is 12. The SMILES string of the molecule is COC(=O)NC(C(=O)Nc1c(F)cccc1CC[C@@H]1CNCC(COc2ccc(C#N)cc2)O1)C(c1ccccc1)c1ccccc1. The predicted molar refractivity (Wildman–Crippen MR) is 176 cm³/mol. The summed E-state index contributed by atoms with van der Waals surface area (Å²) in [7, 11) is 1.23. The maximum absolute atomic E-state index is 15.4. The molecule has 0 radical (unpaired) electrons. The van der Waals surface area contributed by atoms with Crippen LogP contribution in [0.2, 0.25) is 0 Å². The quantitative estimate of drug-likeness (QED) is 0.186. The van der Waals surface area contributed by atoms with E-state index >= 15 is 4.39 Å². The van der Waals surface area contributed by atoms with Gasteiger partial charge in [0.25, 0.3) is 0 Å². The molecular formula is C37H37FN4O5. The van der Waals surface area contributed by atoms with Crippen LogP contribution in [0.4, 0.5) is 14.9 Å². The number of nitrogens with zero attached hydrogens (tertiary/aromatic N) is 1. The number of benzene rings is 4. The molecule has 9 nitrogen and oxygen atoms in total. The molecule has 1 heterocycles. The van der Waals surface area contributed by atoms with Crippen molar-refractivity contribution in [3.63, 3.8) is 0 Å². The standard InChI is InChI=1S/C37H37FN4O5/c1-45-37(44)42-35(33(26-9-4-2-5-10-26)27-11-6-3-7-12-27)36(43)41-34-28(13-8-14-32(34)38)17-20-30-22-40-23-31(47-30)24-46-29-18-15-25(21-39)16-19-29/h2-16,18-19,30-31,33,35,40H,17,20,22-24H2,1H3,(H,41,43)(H,42,44)/t30-,31?,35?/m1/s1. The summed E-state index contributed by atoms with van der Waals surface area (Å²) in [6.45, 7) is 1.56. The number of methoxy groups -OCH3 is 1. The van der Waals surface area contributed by atoms with Gasteiger partial charge in [-0.3, -0.25) is 4.79 Å². The molecule has 5 rings (SSSR count). The van der Waals surface area contributed by atoms with Crippen LogP contribution < -0.4 is 20.7 Å². The van der Waals surface area contributed by atoms with E-state index in [1.165, 1.54) is 13.2 Å². The first-order valence-electron chi connectivity index (χ1n) is 15.5. The summed E-state index contributed by atoms with van der Waals surface area (Å²) in [6.07, 6.45) is -0.157.